The maximum absolute atomic E-state index is 12.3. The largest absolute Gasteiger partial charge is 0.394 e. The van der Waals surface area contributed by atoms with Crippen LogP contribution in [0.3, 0.4) is 0 Å². The van der Waals surface area contributed by atoms with Crippen LogP contribution in [-0.2, 0) is 18.9 Å². The molecule has 0 aromatic rings. The van der Waals surface area contributed by atoms with Gasteiger partial charge < -0.3 is 64.9 Å². The average Bonchev–Trinajstić information content (AvgIpc) is 3.49. The summed E-state index contributed by atoms with van der Waals surface area (Å²) < 4.78 is 25.1. The highest BCUT2D eigenvalue weighted by Crippen LogP contribution is 2.76. The van der Waals surface area contributed by atoms with Gasteiger partial charge in [-0.1, -0.05) is 46.3 Å². The lowest BCUT2D eigenvalue weighted by Crippen LogP contribution is -2.71. The normalized spacial score (nSPS) is 53.4. The molecule has 6 aliphatic rings. The van der Waals surface area contributed by atoms with E-state index in [4.69, 9.17) is 18.9 Å². The number of aliphatic hydroxyl groups excluding tert-OH is 8. The summed E-state index contributed by atoms with van der Waals surface area (Å²) in [6.07, 6.45) is -8.99. The van der Waals surface area contributed by atoms with Crippen molar-refractivity contribution in [3.63, 3.8) is 0 Å². The van der Waals surface area contributed by atoms with E-state index < -0.39 is 114 Å². The second-order valence-electron chi connectivity index (χ2n) is 20.3. The molecule has 0 bridgehead atoms. The molecule has 2 heterocycles. The minimum absolute atomic E-state index is 0.0411. The molecule has 55 heavy (non-hydrogen) atoms. The third-order valence-corrected chi connectivity index (χ3v) is 16.5. The van der Waals surface area contributed by atoms with Gasteiger partial charge in [0.1, 0.15) is 42.7 Å². The molecule has 0 spiro atoms. The number of hydrogen-bond acceptors (Lipinski definition) is 13. The van der Waals surface area contributed by atoms with Crippen molar-refractivity contribution in [2.24, 2.45) is 45.3 Å². The van der Waals surface area contributed by atoms with Crippen LogP contribution in [0.15, 0.2) is 11.6 Å². The molecule has 0 aromatic carbocycles. The smallest absolute Gasteiger partial charge is 0.187 e. The van der Waals surface area contributed by atoms with Gasteiger partial charge in [-0.25, -0.2) is 0 Å². The molecule has 0 unspecified atom stereocenters. The second kappa shape index (κ2) is 15.4. The molecule has 9 N–H and O–H groups in total. The van der Waals surface area contributed by atoms with Crippen molar-refractivity contribution in [2.45, 2.75) is 199 Å². The predicted octanol–water partition coefficient (Wildman–Crippen LogP) is 2.15. The van der Waals surface area contributed by atoms with Crippen molar-refractivity contribution < 1.29 is 64.9 Å². The Morgan fingerprint density at radius 1 is 0.818 bits per heavy atom. The van der Waals surface area contributed by atoms with Gasteiger partial charge in [-0.15, -0.1) is 0 Å². The molecule has 13 heteroatoms. The molecular formula is C42H72O13. The quantitative estimate of drug-likeness (QED) is 0.121. The van der Waals surface area contributed by atoms with Gasteiger partial charge in [0.05, 0.1) is 36.6 Å². The second-order valence-corrected chi connectivity index (χ2v) is 20.3. The molecule has 2 saturated heterocycles. The number of rotatable bonds is 9. The van der Waals surface area contributed by atoms with Crippen LogP contribution < -0.4 is 0 Å². The van der Waals surface area contributed by atoms with Crippen LogP contribution in [0.25, 0.3) is 0 Å². The standard InChI is InChI=1S/C42H72O13/c1-20(2)11-10-14-42(9,51)22-12-16-40(7)28(22)23(44)17-26-39(6)15-13-27(45)38(4,5)35(39)24(18-41(26,40)8)53-37-34(32(49)30(47)25(19-43)54-37)55-36-33(50)31(48)29(46)21(3)52-36/h11,21-37,43-51H,10,12-19H2,1-9H3/t21-,22-,23+,24+,25+,26+,27+,28-,29-,30+,31+,32-,33+,34+,35+,36-,37+,39+,40+,41+,42-/m0/s1. The number of aliphatic hydroxyl groups is 9. The molecular weight excluding hydrogens is 712 g/mol. The first kappa shape index (κ1) is 43.8. The van der Waals surface area contributed by atoms with E-state index in [1.165, 1.54) is 12.5 Å². The van der Waals surface area contributed by atoms with Gasteiger partial charge in [-0.2, -0.15) is 0 Å². The van der Waals surface area contributed by atoms with Crippen LogP contribution in [0.5, 0.6) is 0 Å². The minimum atomic E-state index is -1.70. The summed E-state index contributed by atoms with van der Waals surface area (Å²) in [5, 5.41) is 100. The lowest BCUT2D eigenvalue weighted by atomic mass is 9.34. The third kappa shape index (κ3) is 7.10. The Morgan fingerprint density at radius 3 is 2.13 bits per heavy atom. The number of fused-ring (bicyclic) bond motifs is 5. The van der Waals surface area contributed by atoms with Crippen LogP contribution in [0.1, 0.15) is 114 Å². The van der Waals surface area contributed by atoms with Gasteiger partial charge in [-0.3, -0.25) is 0 Å². The monoisotopic (exact) mass is 784 g/mol. The molecule has 6 fully saturated rings. The zero-order valence-electron chi connectivity index (χ0n) is 34.4. The van der Waals surface area contributed by atoms with E-state index in [1.807, 2.05) is 20.8 Å². The van der Waals surface area contributed by atoms with E-state index in [2.05, 4.69) is 40.7 Å². The van der Waals surface area contributed by atoms with Crippen molar-refractivity contribution in [1.82, 2.24) is 0 Å². The van der Waals surface area contributed by atoms with Crippen molar-refractivity contribution in [1.29, 1.82) is 0 Å². The SMILES string of the molecule is CC(C)=CCC[C@](C)(O)[C@H]1CC[C@]2(C)[C@@H]1[C@H](O)C[C@@H]1[C@@]3(C)CC[C@@H](O)C(C)(C)[C@H]3[C@H](O[C@@H]3O[C@H](CO)[C@@H](O)[C@H](O)[C@H]3O[C@@H]3O[C@@H](C)[C@H](O)[C@@H](O)[C@H]3O)C[C@]12C. The van der Waals surface area contributed by atoms with E-state index in [-0.39, 0.29) is 23.7 Å². The molecule has 13 nitrogen and oxygen atoms in total. The highest BCUT2D eigenvalue weighted by molar-refractivity contribution is 5.22. The van der Waals surface area contributed by atoms with Crippen LogP contribution in [-0.4, -0.2) is 138 Å². The Hall–Kier alpha value is -0.780. The van der Waals surface area contributed by atoms with Gasteiger partial charge in [0.2, 0.25) is 0 Å². The maximum Gasteiger partial charge on any atom is 0.187 e. The molecule has 0 radical (unpaired) electrons. The summed E-state index contributed by atoms with van der Waals surface area (Å²) in [6.45, 7) is 17.8. The zero-order valence-corrected chi connectivity index (χ0v) is 34.4. The topological polar surface area (TPSA) is 219 Å². The summed E-state index contributed by atoms with van der Waals surface area (Å²) in [5.74, 6) is -0.526. The van der Waals surface area contributed by atoms with Crippen molar-refractivity contribution >= 4 is 0 Å². The Morgan fingerprint density at radius 2 is 1.49 bits per heavy atom. The fourth-order valence-corrected chi connectivity index (χ4v) is 13.3. The van der Waals surface area contributed by atoms with Gasteiger partial charge in [-0.05, 0) is 124 Å². The Balaban J connectivity index is 1.38. The van der Waals surface area contributed by atoms with Crippen LogP contribution in [0.2, 0.25) is 0 Å². The number of hydrogen-bond donors (Lipinski definition) is 9. The fraction of sp³-hybridized carbons (Fsp3) is 0.952. The van der Waals surface area contributed by atoms with Crippen molar-refractivity contribution in [3.05, 3.63) is 11.6 Å². The molecule has 0 amide bonds. The predicted molar refractivity (Wildman–Crippen MR) is 201 cm³/mol. The minimum Gasteiger partial charge on any atom is -0.394 e. The highest BCUT2D eigenvalue weighted by atomic mass is 16.8. The van der Waals surface area contributed by atoms with Crippen LogP contribution in [0.4, 0.5) is 0 Å². The van der Waals surface area contributed by atoms with E-state index in [0.717, 1.165) is 19.3 Å². The summed E-state index contributed by atoms with van der Waals surface area (Å²) in [6, 6.07) is 0. The molecule has 4 saturated carbocycles. The molecule has 6 rings (SSSR count). The van der Waals surface area contributed by atoms with E-state index in [9.17, 15) is 46.0 Å². The Labute approximate surface area is 327 Å². The first-order valence-electron chi connectivity index (χ1n) is 20.8. The lowest BCUT2D eigenvalue weighted by Gasteiger charge is -2.72. The number of ether oxygens (including phenoxy) is 4. The van der Waals surface area contributed by atoms with Gasteiger partial charge in [0, 0.05) is 0 Å². The molecule has 21 atom stereocenters. The average molecular weight is 785 g/mol. The van der Waals surface area contributed by atoms with Crippen molar-refractivity contribution in [3.8, 4) is 0 Å². The summed E-state index contributed by atoms with van der Waals surface area (Å²) in [7, 11) is 0. The first-order valence-corrected chi connectivity index (χ1v) is 20.8. The van der Waals surface area contributed by atoms with E-state index in [1.54, 1.807) is 0 Å². The Bertz CT molecular complexity index is 1390. The van der Waals surface area contributed by atoms with E-state index in [0.29, 0.717) is 32.1 Å². The highest BCUT2D eigenvalue weighted by Gasteiger charge is 2.73. The van der Waals surface area contributed by atoms with Gasteiger partial charge in [0.15, 0.2) is 12.6 Å². The molecule has 2 aliphatic heterocycles. The van der Waals surface area contributed by atoms with Crippen LogP contribution in [0, 0.1) is 45.3 Å². The lowest BCUT2D eigenvalue weighted by molar-refractivity contribution is -0.382. The Kier molecular flexibility index (Phi) is 12.2. The third-order valence-electron chi connectivity index (χ3n) is 16.5. The molecule has 0 aromatic heterocycles. The first-order chi connectivity index (χ1) is 25.5. The zero-order chi connectivity index (χ0) is 40.8. The maximum atomic E-state index is 12.3. The summed E-state index contributed by atoms with van der Waals surface area (Å²) in [4.78, 5) is 0. The molecule has 318 valence electrons. The number of allylic oxidation sites excluding steroid dienone is 2. The van der Waals surface area contributed by atoms with E-state index >= 15 is 0 Å². The van der Waals surface area contributed by atoms with Crippen molar-refractivity contribution in [2.75, 3.05) is 6.61 Å². The van der Waals surface area contributed by atoms with Gasteiger partial charge in [0.25, 0.3) is 0 Å². The van der Waals surface area contributed by atoms with Crippen LogP contribution >= 0.6 is 0 Å². The summed E-state index contributed by atoms with van der Waals surface area (Å²) >= 11 is 0. The molecule has 4 aliphatic carbocycles. The fourth-order valence-electron chi connectivity index (χ4n) is 13.3. The summed E-state index contributed by atoms with van der Waals surface area (Å²) in [5.41, 5.74) is -1.71. The van der Waals surface area contributed by atoms with Gasteiger partial charge >= 0.3 is 0 Å².